The molecule has 1 saturated carbocycles. The van der Waals surface area contributed by atoms with Gasteiger partial charge < -0.3 is 19.5 Å². The molecule has 1 fully saturated rings. The fourth-order valence-electron chi connectivity index (χ4n) is 3.09. The van der Waals surface area contributed by atoms with Gasteiger partial charge in [0.05, 0.1) is 20.4 Å². The molecule has 1 aliphatic carbocycles. The lowest BCUT2D eigenvalue weighted by atomic mass is 9.92. The van der Waals surface area contributed by atoms with Gasteiger partial charge in [0.15, 0.2) is 11.5 Å². The molecule has 1 N–H and O–H groups in total. The van der Waals surface area contributed by atoms with Crippen LogP contribution >= 0.6 is 0 Å². The molecule has 1 aromatic carbocycles. The standard InChI is InChI=1S/C19H23N3O4/c1-24-16-8-3-13(11-17(16)25-2)19(23)22-14-4-6-15(7-5-14)26-18-12-20-9-10-21-18/h3,8-12,14-15H,4-7H2,1-2H3,(H,22,23). The molecule has 7 nitrogen and oxygen atoms in total. The molecular formula is C19H23N3O4. The quantitative estimate of drug-likeness (QED) is 0.856. The molecule has 0 radical (unpaired) electrons. The highest BCUT2D eigenvalue weighted by molar-refractivity contribution is 5.95. The molecular weight excluding hydrogens is 334 g/mol. The van der Waals surface area contributed by atoms with Crippen LogP contribution in [0, 0.1) is 0 Å². The second-order valence-electron chi connectivity index (χ2n) is 6.18. The zero-order valence-electron chi connectivity index (χ0n) is 15.0. The number of benzene rings is 1. The van der Waals surface area contributed by atoms with E-state index in [9.17, 15) is 4.79 Å². The summed E-state index contributed by atoms with van der Waals surface area (Å²) in [6, 6.07) is 5.30. The van der Waals surface area contributed by atoms with E-state index in [-0.39, 0.29) is 18.1 Å². The molecule has 1 aliphatic rings. The van der Waals surface area contributed by atoms with Gasteiger partial charge in [0.25, 0.3) is 5.91 Å². The van der Waals surface area contributed by atoms with E-state index in [1.807, 2.05) is 0 Å². The van der Waals surface area contributed by atoms with Gasteiger partial charge in [0.1, 0.15) is 6.10 Å². The van der Waals surface area contributed by atoms with Crippen LogP contribution in [0.15, 0.2) is 36.8 Å². The van der Waals surface area contributed by atoms with Crippen molar-refractivity contribution in [1.82, 2.24) is 15.3 Å². The van der Waals surface area contributed by atoms with Crippen LogP contribution in [0.25, 0.3) is 0 Å². The third-order valence-electron chi connectivity index (χ3n) is 4.48. The number of nitrogens with one attached hydrogen (secondary N) is 1. The Labute approximate surface area is 152 Å². The van der Waals surface area contributed by atoms with Crippen molar-refractivity contribution in [2.45, 2.75) is 37.8 Å². The average Bonchev–Trinajstić information content (AvgIpc) is 2.69. The second-order valence-corrected chi connectivity index (χ2v) is 6.18. The molecule has 1 aromatic heterocycles. The third-order valence-corrected chi connectivity index (χ3v) is 4.48. The van der Waals surface area contributed by atoms with Crippen LogP contribution < -0.4 is 19.5 Å². The number of methoxy groups -OCH3 is 2. The molecule has 0 atom stereocenters. The van der Waals surface area contributed by atoms with Crippen molar-refractivity contribution in [3.05, 3.63) is 42.4 Å². The van der Waals surface area contributed by atoms with Crippen molar-refractivity contribution in [3.8, 4) is 17.4 Å². The number of amides is 1. The van der Waals surface area contributed by atoms with E-state index < -0.39 is 0 Å². The Kier molecular flexibility index (Phi) is 5.88. The molecule has 26 heavy (non-hydrogen) atoms. The van der Waals surface area contributed by atoms with Crippen LogP contribution in [0.3, 0.4) is 0 Å². The van der Waals surface area contributed by atoms with Gasteiger partial charge in [-0.15, -0.1) is 0 Å². The predicted molar refractivity (Wildman–Crippen MR) is 95.7 cm³/mol. The molecule has 7 heteroatoms. The minimum Gasteiger partial charge on any atom is -0.493 e. The Morgan fingerprint density at radius 1 is 1.08 bits per heavy atom. The van der Waals surface area contributed by atoms with E-state index in [1.165, 1.54) is 0 Å². The Morgan fingerprint density at radius 3 is 2.50 bits per heavy atom. The summed E-state index contributed by atoms with van der Waals surface area (Å²) < 4.78 is 16.3. The number of carbonyl (C=O) groups is 1. The molecule has 0 spiro atoms. The lowest BCUT2D eigenvalue weighted by Crippen LogP contribution is -2.39. The Bertz CT molecular complexity index is 731. The van der Waals surface area contributed by atoms with Gasteiger partial charge in [-0.3, -0.25) is 9.78 Å². The molecule has 1 amide bonds. The number of hydrogen-bond donors (Lipinski definition) is 1. The third kappa shape index (κ3) is 4.41. The number of nitrogens with zero attached hydrogens (tertiary/aromatic N) is 2. The maximum Gasteiger partial charge on any atom is 0.251 e. The number of aromatic nitrogens is 2. The zero-order chi connectivity index (χ0) is 18.4. The summed E-state index contributed by atoms with van der Waals surface area (Å²) in [7, 11) is 3.12. The highest BCUT2D eigenvalue weighted by Gasteiger charge is 2.24. The maximum atomic E-state index is 12.5. The van der Waals surface area contributed by atoms with Crippen LogP contribution in [0.1, 0.15) is 36.0 Å². The molecule has 0 bridgehead atoms. The Hall–Kier alpha value is -2.83. The number of carbonyl (C=O) groups excluding carboxylic acids is 1. The largest absolute Gasteiger partial charge is 0.493 e. The van der Waals surface area contributed by atoms with Gasteiger partial charge in [-0.2, -0.15) is 0 Å². The van der Waals surface area contributed by atoms with E-state index in [0.29, 0.717) is 22.9 Å². The van der Waals surface area contributed by atoms with Crippen molar-refractivity contribution in [1.29, 1.82) is 0 Å². The first-order chi connectivity index (χ1) is 12.7. The Morgan fingerprint density at radius 2 is 1.85 bits per heavy atom. The molecule has 0 saturated heterocycles. The molecule has 138 valence electrons. The van der Waals surface area contributed by atoms with E-state index in [2.05, 4.69) is 15.3 Å². The first-order valence-electron chi connectivity index (χ1n) is 8.65. The van der Waals surface area contributed by atoms with Crippen LogP contribution in [0.5, 0.6) is 17.4 Å². The summed E-state index contributed by atoms with van der Waals surface area (Å²) in [5, 5.41) is 3.09. The summed E-state index contributed by atoms with van der Waals surface area (Å²) in [4.78, 5) is 20.6. The maximum absolute atomic E-state index is 12.5. The van der Waals surface area contributed by atoms with Crippen LogP contribution in [0.4, 0.5) is 0 Å². The number of ether oxygens (including phenoxy) is 3. The lowest BCUT2D eigenvalue weighted by molar-refractivity contribution is 0.0889. The van der Waals surface area contributed by atoms with Crippen LogP contribution in [0.2, 0.25) is 0 Å². The summed E-state index contributed by atoms with van der Waals surface area (Å²) in [5.74, 6) is 1.58. The summed E-state index contributed by atoms with van der Waals surface area (Å²) in [5.41, 5.74) is 0.556. The van der Waals surface area contributed by atoms with Gasteiger partial charge in [0, 0.05) is 24.0 Å². The van der Waals surface area contributed by atoms with Crippen molar-refractivity contribution in [2.75, 3.05) is 14.2 Å². The molecule has 2 aromatic rings. The Balaban J connectivity index is 1.52. The van der Waals surface area contributed by atoms with E-state index >= 15 is 0 Å². The van der Waals surface area contributed by atoms with Gasteiger partial charge in [-0.05, 0) is 43.9 Å². The van der Waals surface area contributed by atoms with Crippen molar-refractivity contribution in [2.24, 2.45) is 0 Å². The van der Waals surface area contributed by atoms with Gasteiger partial charge in [0.2, 0.25) is 5.88 Å². The smallest absolute Gasteiger partial charge is 0.251 e. The van der Waals surface area contributed by atoms with Gasteiger partial charge >= 0.3 is 0 Å². The SMILES string of the molecule is COc1ccc(C(=O)NC2CCC(Oc3cnccn3)CC2)cc1OC. The minimum absolute atomic E-state index is 0.107. The molecule has 1 heterocycles. The number of rotatable bonds is 6. The summed E-state index contributed by atoms with van der Waals surface area (Å²) in [6.07, 6.45) is 8.43. The minimum atomic E-state index is -0.107. The van der Waals surface area contributed by atoms with Crippen LogP contribution in [-0.4, -0.2) is 42.2 Å². The van der Waals surface area contributed by atoms with Crippen molar-refractivity contribution in [3.63, 3.8) is 0 Å². The fraction of sp³-hybridized carbons (Fsp3) is 0.421. The fourth-order valence-corrected chi connectivity index (χ4v) is 3.09. The topological polar surface area (TPSA) is 82.6 Å². The monoisotopic (exact) mass is 357 g/mol. The average molecular weight is 357 g/mol. The number of hydrogen-bond acceptors (Lipinski definition) is 6. The summed E-state index contributed by atoms with van der Waals surface area (Å²) >= 11 is 0. The van der Waals surface area contributed by atoms with Gasteiger partial charge in [-0.25, -0.2) is 4.98 Å². The zero-order valence-corrected chi connectivity index (χ0v) is 15.0. The first-order valence-corrected chi connectivity index (χ1v) is 8.65. The van der Waals surface area contributed by atoms with Crippen LogP contribution in [-0.2, 0) is 0 Å². The van der Waals surface area contributed by atoms with E-state index in [0.717, 1.165) is 25.7 Å². The highest BCUT2D eigenvalue weighted by atomic mass is 16.5. The first kappa shape index (κ1) is 18.0. The molecule has 0 aliphatic heterocycles. The van der Waals surface area contributed by atoms with Gasteiger partial charge in [-0.1, -0.05) is 0 Å². The summed E-state index contributed by atoms with van der Waals surface area (Å²) in [6.45, 7) is 0. The molecule has 0 unspecified atom stereocenters. The van der Waals surface area contributed by atoms with Crippen molar-refractivity contribution >= 4 is 5.91 Å². The van der Waals surface area contributed by atoms with Crippen molar-refractivity contribution < 1.29 is 19.0 Å². The lowest BCUT2D eigenvalue weighted by Gasteiger charge is -2.29. The van der Waals surface area contributed by atoms with E-state index in [1.54, 1.807) is 51.0 Å². The second kappa shape index (κ2) is 8.51. The highest BCUT2D eigenvalue weighted by Crippen LogP contribution is 2.28. The molecule has 3 rings (SSSR count). The predicted octanol–water partition coefficient (Wildman–Crippen LogP) is 2.61. The normalized spacial score (nSPS) is 19.5. The van der Waals surface area contributed by atoms with E-state index in [4.69, 9.17) is 14.2 Å².